The predicted octanol–water partition coefficient (Wildman–Crippen LogP) is 4.08. The molecule has 0 atom stereocenters. The van der Waals surface area contributed by atoms with Gasteiger partial charge in [0.15, 0.2) is 5.16 Å². The highest BCUT2D eigenvalue weighted by Crippen LogP contribution is 2.25. The molecule has 6 nitrogen and oxygen atoms in total. The van der Waals surface area contributed by atoms with Crippen molar-refractivity contribution in [3.8, 4) is 11.4 Å². The van der Waals surface area contributed by atoms with E-state index in [9.17, 15) is 4.79 Å². The van der Waals surface area contributed by atoms with Crippen LogP contribution in [0.3, 0.4) is 0 Å². The predicted molar refractivity (Wildman–Crippen MR) is 106 cm³/mol. The van der Waals surface area contributed by atoms with E-state index in [0.717, 1.165) is 27.2 Å². The molecule has 3 rings (SSSR count). The zero-order chi connectivity index (χ0) is 18.5. The maximum atomic E-state index is 12.2. The molecule has 26 heavy (non-hydrogen) atoms. The average molecular weight is 433 g/mol. The van der Waals surface area contributed by atoms with Crippen molar-refractivity contribution in [3.05, 3.63) is 58.8 Å². The Labute approximate surface area is 164 Å². The zero-order valence-corrected chi connectivity index (χ0v) is 16.7. The molecule has 3 aromatic rings. The summed E-state index contributed by atoms with van der Waals surface area (Å²) in [5.74, 6) is 0.901. The maximum Gasteiger partial charge on any atom is 0.234 e. The highest BCUT2D eigenvalue weighted by Gasteiger charge is 2.11. The number of nitrogens with zero attached hydrogens (tertiary/aromatic N) is 3. The van der Waals surface area contributed by atoms with E-state index in [1.807, 2.05) is 54.0 Å². The van der Waals surface area contributed by atoms with E-state index in [0.29, 0.717) is 5.16 Å². The van der Waals surface area contributed by atoms with Crippen molar-refractivity contribution >= 4 is 39.3 Å². The second kappa shape index (κ2) is 8.37. The van der Waals surface area contributed by atoms with Gasteiger partial charge in [0.1, 0.15) is 12.1 Å². The number of halogens is 1. The van der Waals surface area contributed by atoms with Crippen LogP contribution in [0.15, 0.2) is 58.4 Å². The Morgan fingerprint density at radius 3 is 2.73 bits per heavy atom. The molecule has 0 spiro atoms. The maximum absolute atomic E-state index is 12.2. The molecule has 1 amide bonds. The number of aromatic nitrogens is 3. The van der Waals surface area contributed by atoms with Crippen molar-refractivity contribution < 1.29 is 9.53 Å². The van der Waals surface area contributed by atoms with Crippen LogP contribution < -0.4 is 10.1 Å². The molecular weight excluding hydrogens is 416 g/mol. The van der Waals surface area contributed by atoms with Gasteiger partial charge in [-0.1, -0.05) is 17.8 Å². The van der Waals surface area contributed by atoms with Gasteiger partial charge in [0.05, 0.1) is 18.6 Å². The van der Waals surface area contributed by atoms with Gasteiger partial charge in [-0.05, 0) is 64.8 Å². The van der Waals surface area contributed by atoms with Gasteiger partial charge >= 0.3 is 0 Å². The third kappa shape index (κ3) is 4.44. The molecule has 134 valence electrons. The van der Waals surface area contributed by atoms with Crippen LogP contribution in [-0.2, 0) is 4.79 Å². The number of anilines is 1. The van der Waals surface area contributed by atoms with E-state index in [2.05, 4.69) is 31.4 Å². The summed E-state index contributed by atoms with van der Waals surface area (Å²) < 4.78 is 7.86. The zero-order valence-electron chi connectivity index (χ0n) is 14.3. The van der Waals surface area contributed by atoms with E-state index >= 15 is 0 Å². The van der Waals surface area contributed by atoms with Crippen LogP contribution in [0, 0.1) is 6.92 Å². The van der Waals surface area contributed by atoms with Gasteiger partial charge in [-0.15, -0.1) is 10.2 Å². The van der Waals surface area contributed by atoms with E-state index in [1.165, 1.54) is 11.8 Å². The minimum Gasteiger partial charge on any atom is -0.497 e. The number of benzene rings is 2. The van der Waals surface area contributed by atoms with Crippen molar-refractivity contribution in [2.45, 2.75) is 12.1 Å². The fraction of sp³-hybridized carbons (Fsp3) is 0.167. The highest BCUT2D eigenvalue weighted by atomic mass is 79.9. The number of hydrogen-bond acceptors (Lipinski definition) is 5. The third-order valence-electron chi connectivity index (χ3n) is 3.60. The van der Waals surface area contributed by atoms with Gasteiger partial charge in [0, 0.05) is 10.2 Å². The molecule has 0 aliphatic heterocycles. The lowest BCUT2D eigenvalue weighted by molar-refractivity contribution is -0.113. The summed E-state index contributed by atoms with van der Waals surface area (Å²) in [5.41, 5.74) is 2.77. The summed E-state index contributed by atoms with van der Waals surface area (Å²) >= 11 is 4.79. The summed E-state index contributed by atoms with van der Waals surface area (Å²) in [6, 6.07) is 13.3. The Bertz CT molecular complexity index is 912. The Morgan fingerprint density at radius 2 is 2.04 bits per heavy atom. The van der Waals surface area contributed by atoms with Crippen molar-refractivity contribution in [2.75, 3.05) is 18.2 Å². The molecule has 8 heteroatoms. The first-order valence-electron chi connectivity index (χ1n) is 7.80. The molecular formula is C18H17BrN4O2S. The fourth-order valence-electron chi connectivity index (χ4n) is 2.28. The molecule has 0 fully saturated rings. The monoisotopic (exact) mass is 432 g/mol. The second-order valence-corrected chi connectivity index (χ2v) is 7.30. The summed E-state index contributed by atoms with van der Waals surface area (Å²) in [7, 11) is 1.63. The number of methoxy groups -OCH3 is 1. The molecule has 2 aromatic carbocycles. The first-order chi connectivity index (χ1) is 12.6. The normalized spacial score (nSPS) is 10.6. The Morgan fingerprint density at radius 1 is 1.27 bits per heavy atom. The molecule has 0 bridgehead atoms. The summed E-state index contributed by atoms with van der Waals surface area (Å²) in [4.78, 5) is 12.2. The van der Waals surface area contributed by atoms with Crippen LogP contribution in [-0.4, -0.2) is 33.5 Å². The van der Waals surface area contributed by atoms with Crippen molar-refractivity contribution in [1.82, 2.24) is 14.8 Å². The van der Waals surface area contributed by atoms with Gasteiger partial charge < -0.3 is 10.1 Å². The quantitative estimate of drug-likeness (QED) is 0.594. The lowest BCUT2D eigenvalue weighted by Gasteiger charge is -2.09. The molecule has 0 unspecified atom stereocenters. The number of carbonyl (C=O) groups is 1. The summed E-state index contributed by atoms with van der Waals surface area (Å²) in [6.07, 6.45) is 1.62. The number of thioether (sulfide) groups is 1. The second-order valence-electron chi connectivity index (χ2n) is 5.50. The summed E-state index contributed by atoms with van der Waals surface area (Å²) in [5, 5.41) is 11.6. The molecule has 0 saturated heterocycles. The smallest absolute Gasteiger partial charge is 0.234 e. The van der Waals surface area contributed by atoms with Crippen LogP contribution in [0.25, 0.3) is 5.69 Å². The summed E-state index contributed by atoms with van der Waals surface area (Å²) in [6.45, 7) is 2.00. The number of carbonyl (C=O) groups excluding carboxylic acids is 1. The van der Waals surface area contributed by atoms with E-state index in [1.54, 1.807) is 13.4 Å². The standard InChI is InChI=1S/C18H17BrN4O2S/c1-12-3-8-16(15(19)9-12)21-17(24)10-26-18-22-20-11-23(18)13-4-6-14(25-2)7-5-13/h3-9,11H,10H2,1-2H3,(H,21,24). The van der Waals surface area contributed by atoms with Gasteiger partial charge in [0.25, 0.3) is 0 Å². The Balaban J connectivity index is 1.64. The van der Waals surface area contributed by atoms with Crippen LogP contribution >= 0.6 is 27.7 Å². The molecule has 0 radical (unpaired) electrons. The van der Waals surface area contributed by atoms with E-state index in [-0.39, 0.29) is 11.7 Å². The minimum absolute atomic E-state index is 0.108. The van der Waals surface area contributed by atoms with Gasteiger partial charge in [-0.2, -0.15) is 0 Å². The van der Waals surface area contributed by atoms with Crippen molar-refractivity contribution in [2.24, 2.45) is 0 Å². The van der Waals surface area contributed by atoms with E-state index < -0.39 is 0 Å². The first kappa shape index (κ1) is 18.5. The lowest BCUT2D eigenvalue weighted by atomic mass is 10.2. The average Bonchev–Trinajstić information content (AvgIpc) is 3.11. The van der Waals surface area contributed by atoms with E-state index in [4.69, 9.17) is 4.74 Å². The topological polar surface area (TPSA) is 69.0 Å². The SMILES string of the molecule is COc1ccc(-n2cnnc2SCC(=O)Nc2ccc(C)cc2Br)cc1. The molecule has 1 aromatic heterocycles. The number of hydrogen-bond donors (Lipinski definition) is 1. The van der Waals surface area contributed by atoms with Gasteiger partial charge in [-0.25, -0.2) is 0 Å². The van der Waals surface area contributed by atoms with Crippen molar-refractivity contribution in [3.63, 3.8) is 0 Å². The van der Waals surface area contributed by atoms with Gasteiger partial charge in [0.2, 0.25) is 5.91 Å². The molecule has 0 aliphatic carbocycles. The number of rotatable bonds is 6. The van der Waals surface area contributed by atoms with Crippen LogP contribution in [0.4, 0.5) is 5.69 Å². The molecule has 0 saturated carbocycles. The molecule has 1 N–H and O–H groups in total. The van der Waals surface area contributed by atoms with Crippen molar-refractivity contribution in [1.29, 1.82) is 0 Å². The highest BCUT2D eigenvalue weighted by molar-refractivity contribution is 9.10. The largest absolute Gasteiger partial charge is 0.497 e. The first-order valence-corrected chi connectivity index (χ1v) is 9.58. The number of nitrogens with one attached hydrogen (secondary N) is 1. The Hall–Kier alpha value is -2.32. The lowest BCUT2D eigenvalue weighted by Crippen LogP contribution is -2.15. The van der Waals surface area contributed by atoms with Crippen LogP contribution in [0.5, 0.6) is 5.75 Å². The Kier molecular flexibility index (Phi) is 5.95. The van der Waals surface area contributed by atoms with Crippen LogP contribution in [0.2, 0.25) is 0 Å². The minimum atomic E-state index is -0.108. The third-order valence-corrected chi connectivity index (χ3v) is 5.20. The molecule has 0 aliphatic rings. The number of ether oxygens (including phenoxy) is 1. The fourth-order valence-corrected chi connectivity index (χ4v) is 3.60. The number of aryl methyl sites for hydroxylation is 1. The van der Waals surface area contributed by atoms with Crippen LogP contribution in [0.1, 0.15) is 5.56 Å². The van der Waals surface area contributed by atoms with Gasteiger partial charge in [-0.3, -0.25) is 9.36 Å². The molecule has 1 heterocycles. The number of amides is 1.